The molecule has 3 rings (SSSR count). The van der Waals surface area contributed by atoms with Crippen LogP contribution in [0.5, 0.6) is 0 Å². The predicted molar refractivity (Wildman–Crippen MR) is 98.9 cm³/mol. The van der Waals surface area contributed by atoms with Gasteiger partial charge in [0.15, 0.2) is 0 Å². The van der Waals surface area contributed by atoms with Crippen molar-refractivity contribution >= 4 is 40.6 Å². The molecule has 1 aliphatic heterocycles. The number of carbonyl (C=O) groups is 3. The monoisotopic (exact) mass is 370 g/mol. The van der Waals surface area contributed by atoms with E-state index in [0.29, 0.717) is 0 Å². The zero-order valence-electron chi connectivity index (χ0n) is 13.9. The van der Waals surface area contributed by atoms with E-state index >= 15 is 0 Å². The molecule has 0 saturated carbocycles. The lowest BCUT2D eigenvalue weighted by molar-refractivity contribution is -0.127. The molecule has 0 aliphatic carbocycles. The lowest BCUT2D eigenvalue weighted by Crippen LogP contribution is -2.36. The molecule has 0 aromatic heterocycles. The first kappa shape index (κ1) is 17.9. The maximum Gasteiger partial charge on any atom is 0.294 e. The molecule has 1 saturated heterocycles. The molecule has 3 amide bonds. The summed E-state index contributed by atoms with van der Waals surface area (Å²) in [4.78, 5) is 37.7. The van der Waals surface area contributed by atoms with Crippen molar-refractivity contribution in [1.82, 2.24) is 4.90 Å². The highest BCUT2D eigenvalue weighted by Crippen LogP contribution is 2.32. The largest absolute Gasteiger partial charge is 0.324 e. The van der Waals surface area contributed by atoms with E-state index in [-0.39, 0.29) is 10.6 Å². The van der Waals surface area contributed by atoms with Crippen LogP contribution in [-0.4, -0.2) is 28.5 Å². The second kappa shape index (κ2) is 7.53. The normalized spacial score (nSPS) is 15.6. The molecule has 2 aromatic carbocycles. The minimum absolute atomic E-state index is 0.261. The van der Waals surface area contributed by atoms with E-state index < -0.39 is 29.4 Å². The molecule has 1 fully saturated rings. The van der Waals surface area contributed by atoms with Gasteiger partial charge in [0.2, 0.25) is 5.91 Å². The van der Waals surface area contributed by atoms with Crippen LogP contribution in [0.2, 0.25) is 0 Å². The van der Waals surface area contributed by atoms with E-state index in [9.17, 15) is 18.8 Å². The first-order valence-corrected chi connectivity index (χ1v) is 8.61. The second-order valence-corrected chi connectivity index (χ2v) is 6.73. The Balaban J connectivity index is 1.70. The molecule has 0 bridgehead atoms. The van der Waals surface area contributed by atoms with Crippen LogP contribution in [-0.2, 0) is 9.59 Å². The number of rotatable bonds is 4. The first-order valence-electron chi connectivity index (χ1n) is 7.80. The van der Waals surface area contributed by atoms with Gasteiger partial charge in [0, 0.05) is 5.69 Å². The third kappa shape index (κ3) is 4.18. The fraction of sp³-hybridized carbons (Fsp3) is 0.105. The van der Waals surface area contributed by atoms with Crippen molar-refractivity contribution in [3.8, 4) is 0 Å². The Kier molecular flexibility index (Phi) is 5.18. The van der Waals surface area contributed by atoms with Crippen molar-refractivity contribution in [1.29, 1.82) is 0 Å². The Morgan fingerprint density at radius 3 is 2.69 bits per heavy atom. The van der Waals surface area contributed by atoms with Gasteiger partial charge in [0.1, 0.15) is 12.4 Å². The highest BCUT2D eigenvalue weighted by molar-refractivity contribution is 8.18. The summed E-state index contributed by atoms with van der Waals surface area (Å²) in [5.41, 5.74) is 2.10. The van der Waals surface area contributed by atoms with Crippen molar-refractivity contribution in [2.75, 3.05) is 11.9 Å². The highest BCUT2D eigenvalue weighted by Gasteiger charge is 2.36. The summed E-state index contributed by atoms with van der Waals surface area (Å²) in [5, 5.41) is 1.96. The Morgan fingerprint density at radius 1 is 1.19 bits per heavy atom. The van der Waals surface area contributed by atoms with E-state index in [1.54, 1.807) is 6.08 Å². The van der Waals surface area contributed by atoms with Crippen LogP contribution >= 0.6 is 11.8 Å². The van der Waals surface area contributed by atoms with E-state index in [4.69, 9.17) is 0 Å². The maximum absolute atomic E-state index is 13.2. The summed E-state index contributed by atoms with van der Waals surface area (Å²) >= 11 is 0.792. The molecule has 0 atom stereocenters. The molecule has 0 spiro atoms. The molecule has 1 aliphatic rings. The van der Waals surface area contributed by atoms with Crippen LogP contribution in [0.1, 0.15) is 11.1 Å². The summed E-state index contributed by atoms with van der Waals surface area (Å²) in [6.45, 7) is 1.51. The van der Waals surface area contributed by atoms with Crippen molar-refractivity contribution in [2.45, 2.75) is 6.92 Å². The number of halogens is 1. The SMILES string of the molecule is Cc1cccc(/C=C2/SC(=O)N(CC(=O)Nc3cccc(F)c3)C2=O)c1. The zero-order valence-corrected chi connectivity index (χ0v) is 14.7. The number of amides is 3. The molecule has 2 aromatic rings. The minimum atomic E-state index is -0.574. The van der Waals surface area contributed by atoms with Gasteiger partial charge in [0.05, 0.1) is 4.91 Å². The van der Waals surface area contributed by atoms with Gasteiger partial charge >= 0.3 is 0 Å². The number of aryl methyl sites for hydroxylation is 1. The summed E-state index contributed by atoms with van der Waals surface area (Å²) in [6.07, 6.45) is 1.63. The molecule has 5 nitrogen and oxygen atoms in total. The molecule has 1 N–H and O–H groups in total. The van der Waals surface area contributed by atoms with Crippen LogP contribution in [0.15, 0.2) is 53.4 Å². The summed E-state index contributed by atoms with van der Waals surface area (Å²) < 4.78 is 13.2. The standard InChI is InChI=1S/C19H15FN2O3S/c1-12-4-2-5-13(8-12)9-16-18(24)22(19(25)26-16)11-17(23)21-15-7-3-6-14(20)10-15/h2-10H,11H2,1H3,(H,21,23)/b16-9+. The Labute approximate surface area is 153 Å². The molecular weight excluding hydrogens is 355 g/mol. The number of imide groups is 1. The Hall–Kier alpha value is -2.93. The number of nitrogens with one attached hydrogen (secondary N) is 1. The number of nitrogens with zero attached hydrogens (tertiary/aromatic N) is 1. The Morgan fingerprint density at radius 2 is 1.96 bits per heavy atom. The highest BCUT2D eigenvalue weighted by atomic mass is 32.2. The zero-order chi connectivity index (χ0) is 18.7. The van der Waals surface area contributed by atoms with E-state index in [2.05, 4.69) is 5.32 Å². The van der Waals surface area contributed by atoms with Crippen LogP contribution < -0.4 is 5.32 Å². The summed E-state index contributed by atoms with van der Waals surface area (Å²) in [5.74, 6) is -1.58. The number of benzene rings is 2. The number of hydrogen-bond donors (Lipinski definition) is 1. The van der Waals surface area contributed by atoms with Gasteiger partial charge < -0.3 is 5.32 Å². The number of anilines is 1. The van der Waals surface area contributed by atoms with Gasteiger partial charge in [0.25, 0.3) is 11.1 Å². The molecule has 0 radical (unpaired) electrons. The minimum Gasteiger partial charge on any atom is -0.324 e. The molecule has 132 valence electrons. The maximum atomic E-state index is 13.2. The van der Waals surface area contributed by atoms with Crippen LogP contribution in [0.4, 0.5) is 14.9 Å². The van der Waals surface area contributed by atoms with Gasteiger partial charge in [-0.2, -0.15) is 0 Å². The van der Waals surface area contributed by atoms with Gasteiger partial charge in [-0.15, -0.1) is 0 Å². The fourth-order valence-corrected chi connectivity index (χ4v) is 3.30. The van der Waals surface area contributed by atoms with E-state index in [1.165, 1.54) is 18.2 Å². The van der Waals surface area contributed by atoms with Crippen LogP contribution in [0, 0.1) is 12.7 Å². The third-order valence-corrected chi connectivity index (χ3v) is 4.53. The number of thioether (sulfide) groups is 1. The summed E-state index contributed by atoms with van der Waals surface area (Å²) in [7, 11) is 0. The van der Waals surface area contributed by atoms with Gasteiger partial charge in [-0.1, -0.05) is 35.9 Å². The molecular formula is C19H15FN2O3S. The van der Waals surface area contributed by atoms with Crippen molar-refractivity contribution in [3.05, 3.63) is 70.4 Å². The smallest absolute Gasteiger partial charge is 0.294 e. The molecule has 1 heterocycles. The third-order valence-electron chi connectivity index (χ3n) is 3.62. The lowest BCUT2D eigenvalue weighted by Gasteiger charge is -2.12. The van der Waals surface area contributed by atoms with Crippen molar-refractivity contribution < 1.29 is 18.8 Å². The van der Waals surface area contributed by atoms with Crippen LogP contribution in [0.25, 0.3) is 6.08 Å². The summed E-state index contributed by atoms with van der Waals surface area (Å²) in [6, 6.07) is 12.9. The van der Waals surface area contributed by atoms with Crippen molar-refractivity contribution in [2.24, 2.45) is 0 Å². The average Bonchev–Trinajstić information content (AvgIpc) is 2.82. The quantitative estimate of drug-likeness (QED) is 0.831. The molecule has 26 heavy (non-hydrogen) atoms. The van der Waals surface area contributed by atoms with E-state index in [1.807, 2.05) is 31.2 Å². The van der Waals surface area contributed by atoms with Crippen LogP contribution in [0.3, 0.4) is 0 Å². The van der Waals surface area contributed by atoms with E-state index in [0.717, 1.165) is 33.9 Å². The lowest BCUT2D eigenvalue weighted by atomic mass is 10.1. The second-order valence-electron chi connectivity index (χ2n) is 5.74. The topological polar surface area (TPSA) is 66.5 Å². The predicted octanol–water partition coefficient (Wildman–Crippen LogP) is 3.81. The average molecular weight is 370 g/mol. The Bertz CT molecular complexity index is 927. The number of hydrogen-bond acceptors (Lipinski definition) is 4. The van der Waals surface area contributed by atoms with Crippen molar-refractivity contribution in [3.63, 3.8) is 0 Å². The first-order chi connectivity index (χ1) is 12.4. The molecule has 7 heteroatoms. The van der Waals surface area contributed by atoms with Gasteiger partial charge in [-0.3, -0.25) is 19.3 Å². The van der Waals surface area contributed by atoms with Gasteiger partial charge in [-0.25, -0.2) is 4.39 Å². The number of carbonyl (C=O) groups excluding carboxylic acids is 3. The molecule has 0 unspecified atom stereocenters. The fourth-order valence-electron chi connectivity index (χ4n) is 2.46. The van der Waals surface area contributed by atoms with Gasteiger partial charge in [-0.05, 0) is 48.5 Å².